The van der Waals surface area contributed by atoms with Gasteiger partial charge in [-0.15, -0.1) is 0 Å². The summed E-state index contributed by atoms with van der Waals surface area (Å²) >= 11 is 0. The normalized spacial score (nSPS) is 12.8. The molecule has 1 amide bonds. The number of benzene rings is 1. The second-order valence-corrected chi connectivity index (χ2v) is 13.9. The van der Waals surface area contributed by atoms with Crippen molar-refractivity contribution in [1.29, 1.82) is 0 Å². The van der Waals surface area contributed by atoms with E-state index in [4.69, 9.17) is 9.16 Å². The molecule has 1 aromatic carbocycles. The van der Waals surface area contributed by atoms with E-state index in [0.717, 1.165) is 23.2 Å². The molecular formula is C20H35NO3Si. The van der Waals surface area contributed by atoms with Crippen molar-refractivity contribution in [3.8, 4) is 0 Å². The van der Waals surface area contributed by atoms with Crippen LogP contribution in [0, 0.1) is 6.92 Å². The third kappa shape index (κ3) is 7.20. The van der Waals surface area contributed by atoms with E-state index >= 15 is 0 Å². The van der Waals surface area contributed by atoms with Crippen molar-refractivity contribution in [3.05, 3.63) is 29.3 Å². The average Bonchev–Trinajstić information content (AvgIpc) is 2.38. The molecule has 0 spiro atoms. The smallest absolute Gasteiger partial charge is 0.412 e. The monoisotopic (exact) mass is 365 g/mol. The summed E-state index contributed by atoms with van der Waals surface area (Å²) in [6, 6.07) is 6.12. The Kier molecular flexibility index (Phi) is 6.87. The molecule has 1 N–H and O–H groups in total. The van der Waals surface area contributed by atoms with Crippen LogP contribution in [0.2, 0.25) is 18.1 Å². The molecule has 25 heavy (non-hydrogen) atoms. The first-order valence-electron chi connectivity index (χ1n) is 8.95. The van der Waals surface area contributed by atoms with Gasteiger partial charge in [-0.25, -0.2) is 4.79 Å². The van der Waals surface area contributed by atoms with E-state index in [1.807, 2.05) is 39.8 Å². The highest BCUT2D eigenvalue weighted by molar-refractivity contribution is 6.74. The van der Waals surface area contributed by atoms with E-state index in [2.05, 4.69) is 45.2 Å². The van der Waals surface area contributed by atoms with Crippen LogP contribution in [0.25, 0.3) is 0 Å². The molecular weight excluding hydrogens is 330 g/mol. The summed E-state index contributed by atoms with van der Waals surface area (Å²) in [5, 5.41) is 3.06. The number of hydrogen-bond donors (Lipinski definition) is 1. The summed E-state index contributed by atoms with van der Waals surface area (Å²) in [5.74, 6) is 0. The fourth-order valence-corrected chi connectivity index (χ4v) is 3.06. The number of nitrogens with one attached hydrogen (secondary N) is 1. The molecule has 1 rings (SSSR count). The molecule has 0 unspecified atom stereocenters. The van der Waals surface area contributed by atoms with Gasteiger partial charge >= 0.3 is 6.09 Å². The second-order valence-electron chi connectivity index (χ2n) is 9.13. The maximum Gasteiger partial charge on any atom is 0.412 e. The summed E-state index contributed by atoms with van der Waals surface area (Å²) in [6.45, 7) is 19.5. The molecule has 0 radical (unpaired) electrons. The van der Waals surface area contributed by atoms with Crippen molar-refractivity contribution >= 4 is 20.1 Å². The SMILES string of the molecule is Cc1ccc(CCO[Si](C)(C)C(C)(C)C)cc1NC(=O)OC(C)(C)C. The van der Waals surface area contributed by atoms with Crippen LogP contribution in [0.5, 0.6) is 0 Å². The zero-order valence-electron chi connectivity index (χ0n) is 17.4. The van der Waals surface area contributed by atoms with Crippen molar-refractivity contribution in [1.82, 2.24) is 0 Å². The van der Waals surface area contributed by atoms with Gasteiger partial charge in [0, 0.05) is 12.3 Å². The van der Waals surface area contributed by atoms with E-state index < -0.39 is 20.0 Å². The molecule has 0 fully saturated rings. The van der Waals surface area contributed by atoms with E-state index in [-0.39, 0.29) is 5.04 Å². The lowest BCUT2D eigenvalue weighted by Gasteiger charge is -2.36. The molecule has 0 aliphatic rings. The van der Waals surface area contributed by atoms with Gasteiger partial charge in [-0.05, 0) is 69.4 Å². The molecule has 0 saturated carbocycles. The number of carbonyl (C=O) groups excluding carboxylic acids is 1. The Labute approximate surface area is 154 Å². The number of ether oxygens (including phenoxy) is 1. The Bertz CT molecular complexity index is 598. The minimum Gasteiger partial charge on any atom is -0.444 e. The number of carbonyl (C=O) groups is 1. The molecule has 0 aliphatic carbocycles. The van der Waals surface area contributed by atoms with Gasteiger partial charge in [0.1, 0.15) is 5.60 Å². The third-order valence-electron chi connectivity index (χ3n) is 4.60. The van der Waals surface area contributed by atoms with Gasteiger partial charge in [0.25, 0.3) is 0 Å². The predicted octanol–water partition coefficient (Wildman–Crippen LogP) is 5.91. The first kappa shape index (κ1) is 21.7. The number of anilines is 1. The molecule has 4 nitrogen and oxygen atoms in total. The molecule has 1 aromatic rings. The van der Waals surface area contributed by atoms with Gasteiger partial charge < -0.3 is 9.16 Å². The van der Waals surface area contributed by atoms with Crippen molar-refractivity contribution < 1.29 is 14.0 Å². The van der Waals surface area contributed by atoms with Crippen LogP contribution in [-0.2, 0) is 15.6 Å². The Morgan fingerprint density at radius 3 is 2.24 bits per heavy atom. The van der Waals surface area contributed by atoms with Gasteiger partial charge in [-0.1, -0.05) is 32.9 Å². The summed E-state index contributed by atoms with van der Waals surface area (Å²) in [6.07, 6.45) is 0.403. The Morgan fingerprint density at radius 1 is 1.12 bits per heavy atom. The lowest BCUT2D eigenvalue weighted by atomic mass is 10.1. The summed E-state index contributed by atoms with van der Waals surface area (Å²) in [4.78, 5) is 12.0. The molecule has 5 heteroatoms. The second kappa shape index (κ2) is 7.91. The van der Waals surface area contributed by atoms with Crippen LogP contribution in [-0.4, -0.2) is 26.6 Å². The quantitative estimate of drug-likeness (QED) is 0.660. The third-order valence-corrected chi connectivity index (χ3v) is 9.14. The van der Waals surface area contributed by atoms with Crippen LogP contribution in [0.3, 0.4) is 0 Å². The zero-order chi connectivity index (χ0) is 19.5. The first-order valence-corrected chi connectivity index (χ1v) is 11.9. The van der Waals surface area contributed by atoms with Gasteiger partial charge in [0.2, 0.25) is 0 Å². The van der Waals surface area contributed by atoms with Crippen LogP contribution < -0.4 is 5.32 Å². The molecule has 0 aliphatic heterocycles. The number of hydrogen-bond acceptors (Lipinski definition) is 3. The standard InChI is InChI=1S/C20H35NO3Si/c1-15-10-11-16(12-13-23-25(8,9)20(5,6)7)14-17(15)21-18(22)24-19(2,3)4/h10-11,14H,12-13H2,1-9H3,(H,21,22). The maximum atomic E-state index is 12.0. The lowest BCUT2D eigenvalue weighted by Crippen LogP contribution is -2.41. The minimum atomic E-state index is -1.73. The molecule has 0 heterocycles. The van der Waals surface area contributed by atoms with E-state index in [1.54, 1.807) is 0 Å². The van der Waals surface area contributed by atoms with Crippen molar-refractivity contribution in [2.45, 2.75) is 78.6 Å². The maximum absolute atomic E-state index is 12.0. The van der Waals surface area contributed by atoms with Crippen LogP contribution >= 0.6 is 0 Å². The number of rotatable bonds is 5. The van der Waals surface area contributed by atoms with Gasteiger partial charge in [0.05, 0.1) is 0 Å². The molecule has 0 bridgehead atoms. The Balaban J connectivity index is 2.70. The predicted molar refractivity (Wildman–Crippen MR) is 108 cm³/mol. The zero-order valence-corrected chi connectivity index (χ0v) is 18.4. The van der Waals surface area contributed by atoms with Crippen molar-refractivity contribution in [3.63, 3.8) is 0 Å². The largest absolute Gasteiger partial charge is 0.444 e. The first-order chi connectivity index (χ1) is 11.2. The highest BCUT2D eigenvalue weighted by Crippen LogP contribution is 2.36. The van der Waals surface area contributed by atoms with Crippen molar-refractivity contribution in [2.24, 2.45) is 0 Å². The van der Waals surface area contributed by atoms with Crippen molar-refractivity contribution in [2.75, 3.05) is 11.9 Å². The van der Waals surface area contributed by atoms with Crippen LogP contribution in [0.4, 0.5) is 10.5 Å². The number of amides is 1. The summed E-state index contributed by atoms with van der Waals surface area (Å²) in [7, 11) is -1.73. The number of aryl methyl sites for hydroxylation is 1. The minimum absolute atomic E-state index is 0.212. The molecule has 142 valence electrons. The fourth-order valence-electron chi connectivity index (χ4n) is 2.01. The fraction of sp³-hybridized carbons (Fsp3) is 0.650. The van der Waals surface area contributed by atoms with Gasteiger partial charge in [-0.3, -0.25) is 5.32 Å². The topological polar surface area (TPSA) is 47.6 Å². The van der Waals surface area contributed by atoms with E-state index in [0.29, 0.717) is 6.61 Å². The molecule has 0 saturated heterocycles. The van der Waals surface area contributed by atoms with E-state index in [1.165, 1.54) is 0 Å². The Hall–Kier alpha value is -1.33. The molecule has 0 atom stereocenters. The molecule has 0 aromatic heterocycles. The summed E-state index contributed by atoms with van der Waals surface area (Å²) < 4.78 is 11.6. The van der Waals surface area contributed by atoms with Gasteiger partial charge in [0.15, 0.2) is 8.32 Å². The van der Waals surface area contributed by atoms with Gasteiger partial charge in [-0.2, -0.15) is 0 Å². The highest BCUT2D eigenvalue weighted by Gasteiger charge is 2.36. The van der Waals surface area contributed by atoms with E-state index in [9.17, 15) is 4.79 Å². The average molecular weight is 366 g/mol. The Morgan fingerprint density at radius 2 is 1.72 bits per heavy atom. The lowest BCUT2D eigenvalue weighted by molar-refractivity contribution is 0.0636. The van der Waals surface area contributed by atoms with Crippen LogP contribution in [0.1, 0.15) is 52.7 Å². The van der Waals surface area contributed by atoms with Crippen LogP contribution in [0.15, 0.2) is 18.2 Å². The summed E-state index contributed by atoms with van der Waals surface area (Å²) in [5.41, 5.74) is 2.45. The highest BCUT2D eigenvalue weighted by atomic mass is 28.4.